The third-order valence-corrected chi connectivity index (χ3v) is 5.88. The third kappa shape index (κ3) is 5.20. The summed E-state index contributed by atoms with van der Waals surface area (Å²) in [6.07, 6.45) is 0.545. The quantitative estimate of drug-likeness (QED) is 0.466. The van der Waals surface area contributed by atoms with Crippen molar-refractivity contribution in [2.45, 2.75) is 47.1 Å². The minimum Gasteiger partial charge on any atom is -0.385 e. The number of nitrogens with one attached hydrogen (secondary N) is 1. The number of nitrogens with zero attached hydrogens (tertiary/aromatic N) is 3. The van der Waals surface area contributed by atoms with Gasteiger partial charge in [-0.3, -0.25) is 24.1 Å². The van der Waals surface area contributed by atoms with Gasteiger partial charge >= 0.3 is 5.69 Å². The SMILES string of the molecule is COCCCN(C(=O)Cc1c(C)nc2ccccc2c1C)c1c(N)n(CC(C)C)c(=O)[nH]c1=O. The predicted molar refractivity (Wildman–Crippen MR) is 134 cm³/mol. The molecule has 0 bridgehead atoms. The highest BCUT2D eigenvalue weighted by atomic mass is 16.5. The van der Waals surface area contributed by atoms with Crippen LogP contribution in [0.1, 0.15) is 37.1 Å². The van der Waals surface area contributed by atoms with E-state index in [1.807, 2.05) is 52.0 Å². The fourth-order valence-electron chi connectivity index (χ4n) is 4.19. The average Bonchev–Trinajstić information content (AvgIpc) is 2.78. The number of rotatable bonds is 9. The molecule has 0 aliphatic rings. The van der Waals surface area contributed by atoms with Crippen molar-refractivity contribution < 1.29 is 9.53 Å². The smallest absolute Gasteiger partial charge is 0.330 e. The van der Waals surface area contributed by atoms with Crippen LogP contribution in [-0.4, -0.2) is 40.7 Å². The number of pyridine rings is 1. The van der Waals surface area contributed by atoms with E-state index in [4.69, 9.17) is 10.5 Å². The number of amides is 1. The van der Waals surface area contributed by atoms with Gasteiger partial charge in [0.15, 0.2) is 5.69 Å². The van der Waals surface area contributed by atoms with Gasteiger partial charge in [-0.05, 0) is 43.4 Å². The van der Waals surface area contributed by atoms with Gasteiger partial charge in [0, 0.05) is 37.9 Å². The van der Waals surface area contributed by atoms with Crippen LogP contribution < -0.4 is 21.9 Å². The molecule has 3 rings (SSSR count). The molecule has 9 nitrogen and oxygen atoms in total. The summed E-state index contributed by atoms with van der Waals surface area (Å²) in [4.78, 5) is 47.2. The molecule has 0 unspecified atom stereocenters. The summed E-state index contributed by atoms with van der Waals surface area (Å²) in [5.74, 6) is -0.199. The first-order valence-corrected chi connectivity index (χ1v) is 11.4. The highest BCUT2D eigenvalue weighted by Crippen LogP contribution is 2.25. The molecule has 0 saturated heterocycles. The zero-order valence-electron chi connectivity index (χ0n) is 20.5. The molecule has 1 amide bonds. The average molecular weight is 468 g/mol. The topological polar surface area (TPSA) is 123 Å². The number of carbonyl (C=O) groups is 1. The number of para-hydroxylation sites is 1. The summed E-state index contributed by atoms with van der Waals surface area (Å²) in [6.45, 7) is 8.68. The molecule has 0 saturated carbocycles. The standard InChI is InChI=1S/C25H33N5O4/c1-15(2)14-30-23(26)22(24(32)28-25(30)33)29(11-8-12-34-5)21(31)13-19-16(3)18-9-6-7-10-20(18)27-17(19)4/h6-7,9-10,15H,8,11-14,26H2,1-5H3,(H,28,32,33). The number of anilines is 2. The minimum absolute atomic E-state index is 0.00888. The number of H-pyrrole nitrogens is 1. The van der Waals surface area contributed by atoms with Crippen LogP contribution in [0.25, 0.3) is 10.9 Å². The number of nitrogens with two attached hydrogens (primary N) is 1. The Bertz CT molecular complexity index is 1310. The van der Waals surface area contributed by atoms with Crippen LogP contribution in [0.15, 0.2) is 33.9 Å². The second-order valence-corrected chi connectivity index (χ2v) is 8.88. The first-order valence-electron chi connectivity index (χ1n) is 11.4. The number of aryl methyl sites for hydroxylation is 2. The lowest BCUT2D eigenvalue weighted by Crippen LogP contribution is -2.43. The highest BCUT2D eigenvalue weighted by Gasteiger charge is 2.25. The van der Waals surface area contributed by atoms with E-state index in [-0.39, 0.29) is 36.3 Å². The molecule has 3 aromatic rings. The van der Waals surface area contributed by atoms with Crippen molar-refractivity contribution in [3.05, 3.63) is 61.9 Å². The van der Waals surface area contributed by atoms with E-state index in [1.165, 1.54) is 9.47 Å². The molecular formula is C25H33N5O4. The van der Waals surface area contributed by atoms with Crippen molar-refractivity contribution in [3.63, 3.8) is 0 Å². The predicted octanol–water partition coefficient (Wildman–Crippen LogP) is 2.55. The summed E-state index contributed by atoms with van der Waals surface area (Å²) in [6, 6.07) is 7.78. The number of fused-ring (bicyclic) bond motifs is 1. The second kappa shape index (κ2) is 10.6. The van der Waals surface area contributed by atoms with Crippen molar-refractivity contribution >= 4 is 28.3 Å². The van der Waals surface area contributed by atoms with Gasteiger partial charge in [0.25, 0.3) is 5.56 Å². The van der Waals surface area contributed by atoms with Crippen molar-refractivity contribution in [2.24, 2.45) is 5.92 Å². The van der Waals surface area contributed by atoms with Gasteiger partial charge in [-0.2, -0.15) is 0 Å². The molecule has 2 heterocycles. The molecule has 0 fully saturated rings. The van der Waals surface area contributed by atoms with Gasteiger partial charge < -0.3 is 15.4 Å². The fraction of sp³-hybridized carbons (Fsp3) is 0.440. The largest absolute Gasteiger partial charge is 0.385 e. The van der Waals surface area contributed by atoms with E-state index in [1.54, 1.807) is 7.11 Å². The van der Waals surface area contributed by atoms with Crippen molar-refractivity contribution in [3.8, 4) is 0 Å². The molecule has 0 spiro atoms. The Morgan fingerprint density at radius 3 is 2.62 bits per heavy atom. The van der Waals surface area contributed by atoms with Crippen LogP contribution in [0.3, 0.4) is 0 Å². The molecule has 0 atom stereocenters. The number of methoxy groups -OCH3 is 1. The van der Waals surface area contributed by atoms with Gasteiger partial charge in [0.2, 0.25) is 5.91 Å². The molecule has 182 valence electrons. The zero-order valence-corrected chi connectivity index (χ0v) is 20.5. The lowest BCUT2D eigenvalue weighted by atomic mass is 9.99. The summed E-state index contributed by atoms with van der Waals surface area (Å²) in [5.41, 5.74) is 8.44. The van der Waals surface area contributed by atoms with Gasteiger partial charge in [-0.25, -0.2) is 4.79 Å². The number of aromatic amines is 1. The lowest BCUT2D eigenvalue weighted by molar-refractivity contribution is -0.118. The zero-order chi connectivity index (χ0) is 25.0. The normalized spacial score (nSPS) is 11.4. The van der Waals surface area contributed by atoms with E-state index in [0.29, 0.717) is 19.6 Å². The minimum atomic E-state index is -0.682. The Labute approximate surface area is 198 Å². The summed E-state index contributed by atoms with van der Waals surface area (Å²) < 4.78 is 6.46. The number of hydrogen-bond donors (Lipinski definition) is 2. The molecular weight excluding hydrogens is 434 g/mol. The van der Waals surface area contributed by atoms with Crippen LogP contribution in [-0.2, 0) is 22.5 Å². The van der Waals surface area contributed by atoms with E-state index in [0.717, 1.165) is 27.7 Å². The third-order valence-electron chi connectivity index (χ3n) is 5.88. The van der Waals surface area contributed by atoms with Crippen LogP contribution in [0.2, 0.25) is 0 Å². The van der Waals surface area contributed by atoms with Gasteiger partial charge in [-0.1, -0.05) is 32.0 Å². The second-order valence-electron chi connectivity index (χ2n) is 8.88. The highest BCUT2D eigenvalue weighted by molar-refractivity contribution is 5.97. The van der Waals surface area contributed by atoms with Crippen molar-refractivity contribution in [2.75, 3.05) is 30.9 Å². The van der Waals surface area contributed by atoms with E-state index < -0.39 is 11.2 Å². The fourth-order valence-corrected chi connectivity index (χ4v) is 4.19. The Balaban J connectivity index is 2.07. The van der Waals surface area contributed by atoms with Crippen LogP contribution in [0.5, 0.6) is 0 Å². The number of nitrogen functional groups attached to an aromatic ring is 1. The number of hydrogen-bond acceptors (Lipinski definition) is 6. The molecule has 2 aromatic heterocycles. The van der Waals surface area contributed by atoms with Gasteiger partial charge in [0.1, 0.15) is 5.82 Å². The molecule has 9 heteroatoms. The van der Waals surface area contributed by atoms with Crippen LogP contribution >= 0.6 is 0 Å². The first-order chi connectivity index (χ1) is 16.1. The first kappa shape index (κ1) is 25.2. The summed E-state index contributed by atoms with van der Waals surface area (Å²) >= 11 is 0. The summed E-state index contributed by atoms with van der Waals surface area (Å²) in [5, 5.41) is 0.977. The van der Waals surface area contributed by atoms with Crippen molar-refractivity contribution in [1.82, 2.24) is 14.5 Å². The number of benzene rings is 1. The molecule has 0 aliphatic heterocycles. The Kier molecular flexibility index (Phi) is 7.88. The van der Waals surface area contributed by atoms with Crippen LogP contribution in [0, 0.1) is 19.8 Å². The Morgan fingerprint density at radius 2 is 1.94 bits per heavy atom. The number of aromatic nitrogens is 3. The molecule has 34 heavy (non-hydrogen) atoms. The summed E-state index contributed by atoms with van der Waals surface area (Å²) in [7, 11) is 1.57. The van der Waals surface area contributed by atoms with E-state index >= 15 is 0 Å². The van der Waals surface area contributed by atoms with Gasteiger partial charge in [0.05, 0.1) is 11.9 Å². The van der Waals surface area contributed by atoms with Crippen molar-refractivity contribution in [1.29, 1.82) is 0 Å². The number of ether oxygens (including phenoxy) is 1. The Morgan fingerprint density at radius 1 is 1.24 bits per heavy atom. The number of carbonyl (C=O) groups excluding carboxylic acids is 1. The molecule has 0 aliphatic carbocycles. The van der Waals surface area contributed by atoms with Gasteiger partial charge in [-0.15, -0.1) is 0 Å². The lowest BCUT2D eigenvalue weighted by Gasteiger charge is -2.25. The molecule has 3 N–H and O–H groups in total. The monoisotopic (exact) mass is 467 g/mol. The maximum absolute atomic E-state index is 13.6. The molecule has 0 radical (unpaired) electrons. The molecule has 1 aromatic carbocycles. The van der Waals surface area contributed by atoms with E-state index in [2.05, 4.69) is 9.97 Å². The van der Waals surface area contributed by atoms with Crippen LogP contribution in [0.4, 0.5) is 11.5 Å². The maximum atomic E-state index is 13.6. The van der Waals surface area contributed by atoms with E-state index in [9.17, 15) is 14.4 Å². The Hall–Kier alpha value is -3.46. The maximum Gasteiger partial charge on any atom is 0.330 e.